The Labute approximate surface area is 104 Å². The molecule has 2 aliphatic heterocycles. The summed E-state index contributed by atoms with van der Waals surface area (Å²) >= 11 is 0. The molecule has 0 bridgehead atoms. The zero-order valence-corrected chi connectivity index (χ0v) is 10.9. The molecule has 1 amide bonds. The molecule has 0 aliphatic carbocycles. The Morgan fingerprint density at radius 2 is 2.35 bits per heavy atom. The molecule has 2 atom stereocenters. The first-order chi connectivity index (χ1) is 8.16. The lowest BCUT2D eigenvalue weighted by Gasteiger charge is -2.17. The Bertz CT molecular complexity index is 262. The van der Waals surface area contributed by atoms with E-state index in [0.29, 0.717) is 11.8 Å². The summed E-state index contributed by atoms with van der Waals surface area (Å²) in [6.07, 6.45) is 3.19. The summed E-state index contributed by atoms with van der Waals surface area (Å²) in [4.78, 5) is 14.0. The van der Waals surface area contributed by atoms with Gasteiger partial charge >= 0.3 is 0 Å². The molecule has 98 valence electrons. The van der Waals surface area contributed by atoms with Gasteiger partial charge in [0.15, 0.2) is 0 Å². The van der Waals surface area contributed by atoms with E-state index in [2.05, 4.69) is 19.2 Å². The van der Waals surface area contributed by atoms with Crippen molar-refractivity contribution in [1.29, 1.82) is 0 Å². The molecule has 0 aromatic rings. The molecular weight excluding hydrogens is 216 g/mol. The van der Waals surface area contributed by atoms with Crippen LogP contribution in [0.5, 0.6) is 0 Å². The van der Waals surface area contributed by atoms with Crippen LogP contribution in [-0.2, 0) is 9.53 Å². The van der Waals surface area contributed by atoms with E-state index in [0.717, 1.165) is 45.7 Å². The van der Waals surface area contributed by atoms with E-state index in [9.17, 15) is 4.79 Å². The van der Waals surface area contributed by atoms with Crippen molar-refractivity contribution in [2.24, 2.45) is 11.8 Å². The Morgan fingerprint density at radius 1 is 1.53 bits per heavy atom. The van der Waals surface area contributed by atoms with Crippen LogP contribution in [0.2, 0.25) is 0 Å². The third-order valence-corrected chi connectivity index (χ3v) is 3.68. The lowest BCUT2D eigenvalue weighted by Crippen LogP contribution is -2.32. The highest BCUT2D eigenvalue weighted by molar-refractivity contribution is 5.83. The van der Waals surface area contributed by atoms with Gasteiger partial charge in [0.05, 0.1) is 12.7 Å². The maximum atomic E-state index is 12.1. The SMILES string of the molecule is CC(C)CC1NCN(CCC2CCOC2)C1=O. The highest BCUT2D eigenvalue weighted by Gasteiger charge is 2.31. The van der Waals surface area contributed by atoms with Crippen LogP contribution in [0.4, 0.5) is 0 Å². The number of amides is 1. The number of hydrogen-bond donors (Lipinski definition) is 1. The minimum absolute atomic E-state index is 0.0508. The molecule has 0 radical (unpaired) electrons. The van der Waals surface area contributed by atoms with Gasteiger partial charge in [0.1, 0.15) is 0 Å². The summed E-state index contributed by atoms with van der Waals surface area (Å²) in [7, 11) is 0. The maximum Gasteiger partial charge on any atom is 0.240 e. The first kappa shape index (κ1) is 12.8. The molecule has 0 aromatic carbocycles. The topological polar surface area (TPSA) is 41.6 Å². The van der Waals surface area contributed by atoms with Crippen LogP contribution in [0.25, 0.3) is 0 Å². The number of carbonyl (C=O) groups excluding carboxylic acids is 1. The van der Waals surface area contributed by atoms with Crippen LogP contribution in [0.15, 0.2) is 0 Å². The average molecular weight is 240 g/mol. The molecule has 4 heteroatoms. The summed E-state index contributed by atoms with van der Waals surface area (Å²) in [5.74, 6) is 1.52. The van der Waals surface area contributed by atoms with E-state index in [1.165, 1.54) is 0 Å². The van der Waals surface area contributed by atoms with Crippen molar-refractivity contribution in [3.63, 3.8) is 0 Å². The van der Waals surface area contributed by atoms with Gasteiger partial charge in [0.25, 0.3) is 0 Å². The molecule has 2 aliphatic rings. The van der Waals surface area contributed by atoms with Crippen molar-refractivity contribution < 1.29 is 9.53 Å². The van der Waals surface area contributed by atoms with Gasteiger partial charge in [-0.05, 0) is 31.1 Å². The van der Waals surface area contributed by atoms with Crippen molar-refractivity contribution in [3.05, 3.63) is 0 Å². The monoisotopic (exact) mass is 240 g/mol. The van der Waals surface area contributed by atoms with Gasteiger partial charge in [-0.1, -0.05) is 13.8 Å². The minimum Gasteiger partial charge on any atom is -0.381 e. The second kappa shape index (κ2) is 5.83. The molecule has 1 N–H and O–H groups in total. The number of carbonyl (C=O) groups is 1. The molecule has 2 rings (SSSR count). The van der Waals surface area contributed by atoms with Gasteiger partial charge < -0.3 is 9.64 Å². The highest BCUT2D eigenvalue weighted by atomic mass is 16.5. The lowest BCUT2D eigenvalue weighted by molar-refractivity contribution is -0.129. The van der Waals surface area contributed by atoms with Crippen molar-refractivity contribution in [2.45, 2.75) is 39.2 Å². The predicted octanol–water partition coefficient (Wildman–Crippen LogP) is 1.22. The smallest absolute Gasteiger partial charge is 0.240 e. The van der Waals surface area contributed by atoms with Gasteiger partial charge in [0, 0.05) is 19.8 Å². The van der Waals surface area contributed by atoms with E-state index < -0.39 is 0 Å². The normalized spacial score (nSPS) is 29.6. The minimum atomic E-state index is 0.0508. The number of ether oxygens (including phenoxy) is 1. The third-order valence-electron chi connectivity index (χ3n) is 3.68. The maximum absolute atomic E-state index is 12.1. The highest BCUT2D eigenvalue weighted by Crippen LogP contribution is 2.18. The van der Waals surface area contributed by atoms with Crippen LogP contribution >= 0.6 is 0 Å². The van der Waals surface area contributed by atoms with Crippen molar-refractivity contribution >= 4 is 5.91 Å². The Kier molecular flexibility index (Phi) is 4.40. The molecule has 4 nitrogen and oxygen atoms in total. The van der Waals surface area contributed by atoms with Crippen LogP contribution < -0.4 is 5.32 Å². The van der Waals surface area contributed by atoms with Gasteiger partial charge in [-0.25, -0.2) is 0 Å². The zero-order chi connectivity index (χ0) is 12.3. The second-order valence-corrected chi connectivity index (χ2v) is 5.66. The second-order valence-electron chi connectivity index (χ2n) is 5.66. The number of nitrogens with one attached hydrogen (secondary N) is 1. The lowest BCUT2D eigenvalue weighted by atomic mass is 10.0. The van der Waals surface area contributed by atoms with Crippen molar-refractivity contribution in [1.82, 2.24) is 10.2 Å². The Balaban J connectivity index is 1.73. The summed E-state index contributed by atoms with van der Waals surface area (Å²) < 4.78 is 5.35. The molecule has 2 saturated heterocycles. The Morgan fingerprint density at radius 3 is 3.00 bits per heavy atom. The molecule has 17 heavy (non-hydrogen) atoms. The predicted molar refractivity (Wildman–Crippen MR) is 66.5 cm³/mol. The van der Waals surface area contributed by atoms with Crippen LogP contribution in [0.3, 0.4) is 0 Å². The van der Waals surface area contributed by atoms with Crippen molar-refractivity contribution in [2.75, 3.05) is 26.4 Å². The van der Waals surface area contributed by atoms with Crippen LogP contribution in [-0.4, -0.2) is 43.3 Å². The zero-order valence-electron chi connectivity index (χ0n) is 10.9. The molecule has 2 fully saturated rings. The van der Waals surface area contributed by atoms with E-state index in [1.54, 1.807) is 0 Å². The first-order valence-corrected chi connectivity index (χ1v) is 6.76. The number of rotatable bonds is 5. The van der Waals surface area contributed by atoms with Gasteiger partial charge in [0.2, 0.25) is 5.91 Å². The first-order valence-electron chi connectivity index (χ1n) is 6.76. The fourth-order valence-corrected chi connectivity index (χ4v) is 2.60. The fourth-order valence-electron chi connectivity index (χ4n) is 2.60. The molecular formula is C13H24N2O2. The summed E-state index contributed by atoms with van der Waals surface area (Å²) in [6.45, 7) is 7.71. The van der Waals surface area contributed by atoms with Crippen molar-refractivity contribution in [3.8, 4) is 0 Å². The van der Waals surface area contributed by atoms with Crippen LogP contribution in [0, 0.1) is 11.8 Å². The molecule has 0 saturated carbocycles. The van der Waals surface area contributed by atoms with Gasteiger partial charge in [-0.2, -0.15) is 0 Å². The summed E-state index contributed by atoms with van der Waals surface area (Å²) in [5.41, 5.74) is 0. The number of nitrogens with zero attached hydrogens (tertiary/aromatic N) is 1. The molecule has 2 unspecified atom stereocenters. The van der Waals surface area contributed by atoms with E-state index in [4.69, 9.17) is 4.74 Å². The third kappa shape index (κ3) is 3.42. The largest absolute Gasteiger partial charge is 0.381 e. The quantitative estimate of drug-likeness (QED) is 0.785. The molecule has 0 spiro atoms. The Hall–Kier alpha value is -0.610. The van der Waals surface area contributed by atoms with E-state index in [1.807, 2.05) is 4.90 Å². The summed E-state index contributed by atoms with van der Waals surface area (Å²) in [6, 6.07) is 0.0508. The van der Waals surface area contributed by atoms with E-state index >= 15 is 0 Å². The van der Waals surface area contributed by atoms with E-state index in [-0.39, 0.29) is 11.9 Å². The molecule has 0 aromatic heterocycles. The number of hydrogen-bond acceptors (Lipinski definition) is 3. The fraction of sp³-hybridized carbons (Fsp3) is 0.923. The molecule has 2 heterocycles. The van der Waals surface area contributed by atoms with Gasteiger partial charge in [-0.15, -0.1) is 0 Å². The summed E-state index contributed by atoms with van der Waals surface area (Å²) in [5, 5.41) is 3.31. The van der Waals surface area contributed by atoms with Crippen LogP contribution in [0.1, 0.15) is 33.1 Å². The average Bonchev–Trinajstić information content (AvgIpc) is 2.88. The standard InChI is InChI=1S/C13H24N2O2/c1-10(2)7-12-13(16)15(9-14-12)5-3-11-4-6-17-8-11/h10-12,14H,3-9H2,1-2H3. The van der Waals surface area contributed by atoms with Gasteiger partial charge in [-0.3, -0.25) is 10.1 Å².